The lowest BCUT2D eigenvalue weighted by Crippen LogP contribution is -2.22. The summed E-state index contributed by atoms with van der Waals surface area (Å²) >= 11 is 0. The van der Waals surface area contributed by atoms with Crippen molar-refractivity contribution in [3.63, 3.8) is 0 Å². The van der Waals surface area contributed by atoms with Crippen molar-refractivity contribution in [2.24, 2.45) is 0 Å². The number of nitrogens with one attached hydrogen (secondary N) is 1. The standard InChI is InChI=1S/C30H42N2O3/c1-2-3-4-5-6-7-8-9-10-11-12-13-17-24-31-30(33)25-29(26-18-15-14-16-19-26)27-20-22-28(23-21-27)32(34)35/h14-16,18-23,25H,2-13,17,24H2,1H3,(H,31,33). The quantitative estimate of drug-likeness (QED) is 0.101. The topological polar surface area (TPSA) is 72.2 Å². The van der Waals surface area contributed by atoms with Gasteiger partial charge in [-0.25, -0.2) is 0 Å². The summed E-state index contributed by atoms with van der Waals surface area (Å²) in [4.78, 5) is 23.1. The Morgan fingerprint density at radius 3 is 1.74 bits per heavy atom. The molecule has 2 aromatic carbocycles. The lowest BCUT2D eigenvalue weighted by Gasteiger charge is -2.09. The lowest BCUT2D eigenvalue weighted by atomic mass is 9.97. The van der Waals surface area contributed by atoms with Crippen LogP contribution in [0.3, 0.4) is 0 Å². The van der Waals surface area contributed by atoms with Crippen molar-refractivity contribution in [3.8, 4) is 0 Å². The molecule has 0 aliphatic carbocycles. The number of unbranched alkanes of at least 4 members (excludes halogenated alkanes) is 12. The summed E-state index contributed by atoms with van der Waals surface area (Å²) in [6.45, 7) is 2.92. The second-order valence-corrected chi connectivity index (χ2v) is 9.26. The zero-order chi connectivity index (χ0) is 25.1. The Bertz CT molecular complexity index is 892. The molecule has 5 nitrogen and oxygen atoms in total. The minimum atomic E-state index is -0.419. The van der Waals surface area contributed by atoms with E-state index in [0.29, 0.717) is 6.54 Å². The average Bonchev–Trinajstić information content (AvgIpc) is 2.88. The van der Waals surface area contributed by atoms with Crippen molar-refractivity contribution in [2.45, 2.75) is 90.4 Å². The third-order valence-electron chi connectivity index (χ3n) is 6.33. The summed E-state index contributed by atoms with van der Waals surface area (Å²) in [5.74, 6) is -0.138. The minimum absolute atomic E-state index is 0.0352. The van der Waals surface area contributed by atoms with Gasteiger partial charge in [0.25, 0.3) is 5.69 Å². The molecule has 0 fully saturated rings. The first-order valence-electron chi connectivity index (χ1n) is 13.4. The van der Waals surface area contributed by atoms with Gasteiger partial charge in [0.1, 0.15) is 0 Å². The van der Waals surface area contributed by atoms with Crippen molar-refractivity contribution in [1.82, 2.24) is 5.32 Å². The molecule has 2 aromatic rings. The van der Waals surface area contributed by atoms with Crippen LogP contribution in [0.5, 0.6) is 0 Å². The molecule has 0 aliphatic heterocycles. The normalized spacial score (nSPS) is 11.4. The molecule has 190 valence electrons. The Labute approximate surface area is 211 Å². The van der Waals surface area contributed by atoms with Crippen LogP contribution >= 0.6 is 0 Å². The van der Waals surface area contributed by atoms with Gasteiger partial charge in [-0.2, -0.15) is 0 Å². The van der Waals surface area contributed by atoms with Gasteiger partial charge in [0.15, 0.2) is 0 Å². The maximum atomic E-state index is 12.6. The summed E-state index contributed by atoms with van der Waals surface area (Å²) < 4.78 is 0. The smallest absolute Gasteiger partial charge is 0.269 e. The van der Waals surface area contributed by atoms with Crippen molar-refractivity contribution in [3.05, 3.63) is 81.9 Å². The number of carbonyl (C=O) groups excluding carboxylic acids is 1. The van der Waals surface area contributed by atoms with Crippen molar-refractivity contribution in [2.75, 3.05) is 6.54 Å². The summed E-state index contributed by atoms with van der Waals surface area (Å²) in [5.41, 5.74) is 2.46. The van der Waals surface area contributed by atoms with E-state index in [2.05, 4.69) is 12.2 Å². The number of hydrogen-bond acceptors (Lipinski definition) is 3. The first kappa shape index (κ1) is 28.3. The van der Waals surface area contributed by atoms with Gasteiger partial charge in [0.05, 0.1) is 4.92 Å². The molecule has 0 saturated heterocycles. The zero-order valence-corrected chi connectivity index (χ0v) is 21.3. The Balaban J connectivity index is 1.69. The van der Waals surface area contributed by atoms with E-state index < -0.39 is 4.92 Å². The number of carbonyl (C=O) groups is 1. The highest BCUT2D eigenvalue weighted by atomic mass is 16.6. The van der Waals surface area contributed by atoms with Crippen molar-refractivity contribution < 1.29 is 9.72 Å². The number of hydrogen-bond donors (Lipinski definition) is 1. The predicted molar refractivity (Wildman–Crippen MR) is 145 cm³/mol. The molecule has 0 spiro atoms. The van der Waals surface area contributed by atoms with Crippen LogP contribution in [0.1, 0.15) is 102 Å². The highest BCUT2D eigenvalue weighted by molar-refractivity contribution is 5.99. The van der Waals surface area contributed by atoms with Gasteiger partial charge >= 0.3 is 0 Å². The van der Waals surface area contributed by atoms with Gasteiger partial charge in [-0.1, -0.05) is 114 Å². The van der Waals surface area contributed by atoms with Crippen LogP contribution in [0.15, 0.2) is 60.7 Å². The largest absolute Gasteiger partial charge is 0.353 e. The predicted octanol–water partition coefficient (Wildman–Crippen LogP) is 8.23. The number of nitro groups is 1. The fraction of sp³-hybridized carbons (Fsp3) is 0.500. The van der Waals surface area contributed by atoms with E-state index in [9.17, 15) is 14.9 Å². The third kappa shape index (κ3) is 11.8. The van der Waals surface area contributed by atoms with Crippen LogP contribution in [0.25, 0.3) is 5.57 Å². The third-order valence-corrected chi connectivity index (χ3v) is 6.33. The van der Waals surface area contributed by atoms with Gasteiger partial charge in [-0.3, -0.25) is 14.9 Å². The molecule has 0 aromatic heterocycles. The second kappa shape index (κ2) is 17.5. The SMILES string of the molecule is CCCCCCCCCCCCCCCNC(=O)C=C(c1ccccc1)c1ccc([N+](=O)[O-])cc1. The molecule has 0 aliphatic rings. The van der Waals surface area contributed by atoms with E-state index in [1.807, 2.05) is 30.3 Å². The van der Waals surface area contributed by atoms with Gasteiger partial charge in [0, 0.05) is 24.8 Å². The molecule has 0 unspecified atom stereocenters. The molecule has 1 N–H and O–H groups in total. The molecule has 0 heterocycles. The lowest BCUT2D eigenvalue weighted by molar-refractivity contribution is -0.384. The zero-order valence-electron chi connectivity index (χ0n) is 21.3. The Morgan fingerprint density at radius 2 is 1.23 bits per heavy atom. The van der Waals surface area contributed by atoms with E-state index in [-0.39, 0.29) is 11.6 Å². The molecule has 1 amide bonds. The van der Waals surface area contributed by atoms with Gasteiger partial charge in [-0.05, 0) is 35.3 Å². The van der Waals surface area contributed by atoms with E-state index in [1.165, 1.54) is 82.8 Å². The number of amides is 1. The van der Waals surface area contributed by atoms with Crippen molar-refractivity contribution in [1.29, 1.82) is 0 Å². The molecule has 5 heteroatoms. The highest BCUT2D eigenvalue weighted by Gasteiger charge is 2.10. The number of benzene rings is 2. The summed E-state index contributed by atoms with van der Waals surface area (Å²) in [5, 5.41) is 14.0. The maximum absolute atomic E-state index is 12.6. The fourth-order valence-corrected chi connectivity index (χ4v) is 4.25. The van der Waals surface area contributed by atoms with E-state index in [1.54, 1.807) is 18.2 Å². The first-order valence-corrected chi connectivity index (χ1v) is 13.4. The van der Waals surface area contributed by atoms with E-state index >= 15 is 0 Å². The van der Waals surface area contributed by atoms with E-state index in [4.69, 9.17) is 0 Å². The molecular formula is C30H42N2O3. The molecule has 0 saturated carbocycles. The molecule has 35 heavy (non-hydrogen) atoms. The van der Waals surface area contributed by atoms with Crippen LogP contribution in [0.2, 0.25) is 0 Å². The van der Waals surface area contributed by atoms with Gasteiger partial charge in [-0.15, -0.1) is 0 Å². The Kier molecular flexibility index (Phi) is 14.1. The number of nitro benzene ring substituents is 1. The molecule has 2 rings (SSSR count). The summed E-state index contributed by atoms with van der Waals surface area (Å²) in [7, 11) is 0. The minimum Gasteiger partial charge on any atom is -0.353 e. The highest BCUT2D eigenvalue weighted by Crippen LogP contribution is 2.25. The molecule has 0 atom stereocenters. The van der Waals surface area contributed by atoms with Gasteiger partial charge in [0.2, 0.25) is 5.91 Å². The van der Waals surface area contributed by atoms with Crippen LogP contribution in [0.4, 0.5) is 5.69 Å². The summed E-state index contributed by atoms with van der Waals surface area (Å²) in [6.07, 6.45) is 18.5. The average molecular weight is 479 g/mol. The number of rotatable bonds is 18. The second-order valence-electron chi connectivity index (χ2n) is 9.26. The molecule has 0 bridgehead atoms. The number of non-ortho nitro benzene ring substituents is 1. The van der Waals surface area contributed by atoms with Crippen molar-refractivity contribution >= 4 is 17.2 Å². The number of nitrogens with zero attached hydrogens (tertiary/aromatic N) is 1. The fourth-order valence-electron chi connectivity index (χ4n) is 4.25. The maximum Gasteiger partial charge on any atom is 0.269 e. The molecular weight excluding hydrogens is 436 g/mol. The van der Waals surface area contributed by atoms with E-state index in [0.717, 1.165) is 29.5 Å². The monoisotopic (exact) mass is 478 g/mol. The van der Waals surface area contributed by atoms with Gasteiger partial charge < -0.3 is 5.32 Å². The Morgan fingerprint density at radius 1 is 0.743 bits per heavy atom. The first-order chi connectivity index (χ1) is 17.1. The van der Waals surface area contributed by atoms with Crippen LogP contribution < -0.4 is 5.32 Å². The van der Waals surface area contributed by atoms with Crippen LogP contribution in [-0.4, -0.2) is 17.4 Å². The summed E-state index contributed by atoms with van der Waals surface area (Å²) in [6, 6.07) is 16.0. The molecule has 0 radical (unpaired) electrons. The van der Waals surface area contributed by atoms with Crippen LogP contribution in [0, 0.1) is 10.1 Å². The van der Waals surface area contributed by atoms with Crippen LogP contribution in [-0.2, 0) is 4.79 Å². The Hall–Kier alpha value is -2.95.